The predicted octanol–water partition coefficient (Wildman–Crippen LogP) is 4.52. The van der Waals surface area contributed by atoms with Gasteiger partial charge in [0.05, 0.1) is 10.6 Å². The number of hydrogen-bond donors (Lipinski definition) is 2. The minimum Gasteiger partial charge on any atom is -0.369 e. The Balaban J connectivity index is 1.31. The fourth-order valence-corrected chi connectivity index (χ4v) is 7.23. The minimum absolute atomic E-state index is 0.121. The second kappa shape index (κ2) is 11.0. The van der Waals surface area contributed by atoms with E-state index in [4.69, 9.17) is 4.99 Å². The standard InChI is InChI=1S/C30H39N5O3S/c1-34-15-17-35(18-16-34)24-11-9-23(10-12-24)32-29(22-5-3-2-4-6-22)28-26-19-25(13-14-27(26)33-30(28)36)39(37,38)31-20-21-7-8-21/h9-14,19,21-22,28,31H,2-8,15-18,20H2,1H3,(H,33,36). The summed E-state index contributed by atoms with van der Waals surface area (Å²) in [4.78, 5) is 23.5. The molecular weight excluding hydrogens is 510 g/mol. The maximum atomic E-state index is 13.4. The predicted molar refractivity (Wildman–Crippen MR) is 156 cm³/mol. The van der Waals surface area contributed by atoms with Crippen molar-refractivity contribution in [2.75, 3.05) is 50.0 Å². The molecule has 39 heavy (non-hydrogen) atoms. The van der Waals surface area contributed by atoms with E-state index in [1.165, 1.54) is 12.1 Å². The summed E-state index contributed by atoms with van der Waals surface area (Å²) in [5.74, 6) is -0.0632. The molecule has 2 aliphatic carbocycles. The number of anilines is 2. The molecule has 1 amide bonds. The van der Waals surface area contributed by atoms with E-state index in [0.29, 0.717) is 23.7 Å². The first-order chi connectivity index (χ1) is 18.9. The van der Waals surface area contributed by atoms with Crippen molar-refractivity contribution < 1.29 is 13.2 Å². The summed E-state index contributed by atoms with van der Waals surface area (Å²) in [6.45, 7) is 4.59. The van der Waals surface area contributed by atoms with Crippen LogP contribution in [0.4, 0.5) is 17.1 Å². The van der Waals surface area contributed by atoms with Gasteiger partial charge in [0.2, 0.25) is 15.9 Å². The maximum Gasteiger partial charge on any atom is 0.240 e. The van der Waals surface area contributed by atoms with Crippen molar-refractivity contribution in [1.29, 1.82) is 0 Å². The lowest BCUT2D eigenvalue weighted by Gasteiger charge is -2.34. The quantitative estimate of drug-likeness (QED) is 0.473. The molecule has 6 rings (SSSR count). The van der Waals surface area contributed by atoms with Gasteiger partial charge in [0.15, 0.2) is 0 Å². The largest absolute Gasteiger partial charge is 0.369 e. The van der Waals surface area contributed by atoms with Crippen LogP contribution in [-0.4, -0.2) is 64.7 Å². The molecule has 2 N–H and O–H groups in total. The molecule has 2 heterocycles. The van der Waals surface area contributed by atoms with Crippen LogP contribution in [0.5, 0.6) is 0 Å². The Morgan fingerprint density at radius 3 is 2.38 bits per heavy atom. The molecule has 4 aliphatic rings. The van der Waals surface area contributed by atoms with Gasteiger partial charge in [0, 0.05) is 49.8 Å². The van der Waals surface area contributed by atoms with Crippen LogP contribution in [0, 0.1) is 11.8 Å². The molecule has 0 aromatic heterocycles. The third kappa shape index (κ3) is 5.90. The molecule has 3 fully saturated rings. The number of carbonyl (C=O) groups excluding carboxylic acids is 1. The van der Waals surface area contributed by atoms with Gasteiger partial charge in [-0.05, 0) is 92.6 Å². The van der Waals surface area contributed by atoms with E-state index in [0.717, 1.165) is 76.1 Å². The van der Waals surface area contributed by atoms with Crippen LogP contribution in [0.1, 0.15) is 56.4 Å². The van der Waals surface area contributed by atoms with Crippen LogP contribution >= 0.6 is 0 Å². The van der Waals surface area contributed by atoms with Crippen LogP contribution < -0.4 is 14.9 Å². The summed E-state index contributed by atoms with van der Waals surface area (Å²) in [5.41, 5.74) is 4.29. The van der Waals surface area contributed by atoms with Crippen LogP contribution in [0.25, 0.3) is 0 Å². The van der Waals surface area contributed by atoms with E-state index in [9.17, 15) is 13.2 Å². The molecule has 1 atom stereocenters. The van der Waals surface area contributed by atoms with Crippen LogP contribution in [-0.2, 0) is 14.8 Å². The van der Waals surface area contributed by atoms with Gasteiger partial charge in [0.25, 0.3) is 0 Å². The molecule has 8 nitrogen and oxygen atoms in total. The van der Waals surface area contributed by atoms with Crippen molar-refractivity contribution in [2.24, 2.45) is 16.8 Å². The Morgan fingerprint density at radius 2 is 1.69 bits per heavy atom. The average molecular weight is 550 g/mol. The zero-order valence-electron chi connectivity index (χ0n) is 22.7. The fraction of sp³-hybridized carbons (Fsp3) is 0.533. The number of rotatable bonds is 8. The molecule has 0 spiro atoms. The summed E-state index contributed by atoms with van der Waals surface area (Å²) in [7, 11) is -1.49. The lowest BCUT2D eigenvalue weighted by molar-refractivity contribution is -0.115. The molecule has 2 aromatic rings. The van der Waals surface area contributed by atoms with Crippen molar-refractivity contribution >= 4 is 38.7 Å². The molecule has 2 saturated carbocycles. The molecule has 0 radical (unpaired) electrons. The van der Waals surface area contributed by atoms with Gasteiger partial charge in [-0.3, -0.25) is 9.79 Å². The molecule has 1 unspecified atom stereocenters. The third-order valence-corrected chi connectivity index (χ3v) is 10.1. The van der Waals surface area contributed by atoms with Gasteiger partial charge in [-0.25, -0.2) is 13.1 Å². The van der Waals surface area contributed by atoms with Crippen LogP contribution in [0.2, 0.25) is 0 Å². The first kappa shape index (κ1) is 26.5. The lowest BCUT2D eigenvalue weighted by atomic mass is 9.79. The highest BCUT2D eigenvalue weighted by Gasteiger charge is 2.39. The number of likely N-dealkylation sites (N-methyl/N-ethyl adjacent to an activating group) is 1. The van der Waals surface area contributed by atoms with E-state index in [1.807, 2.05) is 12.1 Å². The first-order valence-electron chi connectivity index (χ1n) is 14.4. The zero-order valence-corrected chi connectivity index (χ0v) is 23.5. The summed E-state index contributed by atoms with van der Waals surface area (Å²) in [5, 5.41) is 3.00. The number of sulfonamides is 1. The number of nitrogens with one attached hydrogen (secondary N) is 2. The number of hydrogen-bond acceptors (Lipinski definition) is 6. The average Bonchev–Trinajstić information content (AvgIpc) is 3.73. The van der Waals surface area contributed by atoms with E-state index in [1.54, 1.807) is 18.2 Å². The van der Waals surface area contributed by atoms with Crippen molar-refractivity contribution in [3.05, 3.63) is 48.0 Å². The Kier molecular flexibility index (Phi) is 7.48. The van der Waals surface area contributed by atoms with Crippen molar-refractivity contribution in [2.45, 2.75) is 55.8 Å². The number of piperazine rings is 1. The van der Waals surface area contributed by atoms with E-state index >= 15 is 0 Å². The van der Waals surface area contributed by atoms with Crippen LogP contribution in [0.3, 0.4) is 0 Å². The monoisotopic (exact) mass is 549 g/mol. The summed E-state index contributed by atoms with van der Waals surface area (Å²) in [6, 6.07) is 13.3. The molecular formula is C30H39N5O3S. The minimum atomic E-state index is -3.64. The Labute approximate surface area is 231 Å². The van der Waals surface area contributed by atoms with E-state index in [2.05, 4.69) is 39.0 Å². The van der Waals surface area contributed by atoms with Gasteiger partial charge in [-0.15, -0.1) is 0 Å². The molecule has 2 aromatic carbocycles. The van der Waals surface area contributed by atoms with E-state index in [-0.39, 0.29) is 16.7 Å². The van der Waals surface area contributed by atoms with Crippen molar-refractivity contribution in [3.8, 4) is 0 Å². The number of fused-ring (bicyclic) bond motifs is 1. The van der Waals surface area contributed by atoms with E-state index < -0.39 is 15.9 Å². The summed E-state index contributed by atoms with van der Waals surface area (Å²) >= 11 is 0. The van der Waals surface area contributed by atoms with Gasteiger partial charge in [-0.1, -0.05) is 19.3 Å². The highest BCUT2D eigenvalue weighted by molar-refractivity contribution is 7.89. The first-order valence-corrected chi connectivity index (χ1v) is 15.9. The molecule has 0 bridgehead atoms. The topological polar surface area (TPSA) is 94.1 Å². The Morgan fingerprint density at radius 1 is 0.974 bits per heavy atom. The number of amides is 1. The fourth-order valence-electron chi connectivity index (χ4n) is 6.07. The van der Waals surface area contributed by atoms with Crippen molar-refractivity contribution in [3.63, 3.8) is 0 Å². The highest BCUT2D eigenvalue weighted by Crippen LogP contribution is 2.41. The highest BCUT2D eigenvalue weighted by atomic mass is 32.2. The summed E-state index contributed by atoms with van der Waals surface area (Å²) < 4.78 is 28.8. The number of nitrogens with zero attached hydrogens (tertiary/aromatic N) is 3. The lowest BCUT2D eigenvalue weighted by Crippen LogP contribution is -2.44. The molecule has 1 saturated heterocycles. The third-order valence-electron chi connectivity index (χ3n) is 8.72. The Bertz CT molecular complexity index is 1340. The molecule has 9 heteroatoms. The smallest absolute Gasteiger partial charge is 0.240 e. The zero-order chi connectivity index (χ0) is 27.0. The van der Waals surface area contributed by atoms with Crippen molar-refractivity contribution in [1.82, 2.24) is 9.62 Å². The normalized spacial score (nSPS) is 23.1. The maximum absolute atomic E-state index is 13.4. The number of aliphatic imine (C=N–C) groups is 1. The number of benzene rings is 2. The van der Waals surface area contributed by atoms with Gasteiger partial charge < -0.3 is 15.1 Å². The Hall–Kier alpha value is -2.75. The van der Waals surface area contributed by atoms with Crippen LogP contribution in [0.15, 0.2) is 52.4 Å². The molecule has 208 valence electrons. The second-order valence-corrected chi connectivity index (χ2v) is 13.4. The van der Waals surface area contributed by atoms with Gasteiger partial charge >= 0.3 is 0 Å². The SMILES string of the molecule is CN1CCN(c2ccc(N=C(C3CCCCC3)C3C(=O)Nc4ccc(S(=O)(=O)NCC5CC5)cc43)cc2)CC1. The second-order valence-electron chi connectivity index (χ2n) is 11.6. The van der Waals surface area contributed by atoms with Gasteiger partial charge in [0.1, 0.15) is 5.92 Å². The van der Waals surface area contributed by atoms with Gasteiger partial charge in [-0.2, -0.15) is 0 Å². The molecule has 2 aliphatic heterocycles. The number of carbonyl (C=O) groups is 1. The summed E-state index contributed by atoms with van der Waals surface area (Å²) in [6.07, 6.45) is 7.58.